The summed E-state index contributed by atoms with van der Waals surface area (Å²) in [5.74, 6) is 1.45. The van der Waals surface area contributed by atoms with Gasteiger partial charge in [-0.1, -0.05) is 22.0 Å². The lowest BCUT2D eigenvalue weighted by Crippen LogP contribution is -2.25. The zero-order valence-corrected chi connectivity index (χ0v) is 12.5. The molecule has 1 heterocycles. The van der Waals surface area contributed by atoms with Gasteiger partial charge in [-0.25, -0.2) is 0 Å². The lowest BCUT2D eigenvalue weighted by atomic mass is 9.92. The Morgan fingerprint density at radius 2 is 2.39 bits per heavy atom. The molecule has 1 fully saturated rings. The minimum absolute atomic E-state index is 0.331. The van der Waals surface area contributed by atoms with E-state index in [2.05, 4.69) is 27.3 Å². The molecule has 3 nitrogen and oxygen atoms in total. The summed E-state index contributed by atoms with van der Waals surface area (Å²) >= 11 is 3.64. The lowest BCUT2D eigenvalue weighted by Gasteiger charge is -2.23. The van der Waals surface area contributed by atoms with Crippen LogP contribution in [0.1, 0.15) is 24.9 Å². The molecule has 2 atom stereocenters. The van der Waals surface area contributed by atoms with E-state index in [9.17, 15) is 0 Å². The summed E-state index contributed by atoms with van der Waals surface area (Å²) in [4.78, 5) is 0. The summed E-state index contributed by atoms with van der Waals surface area (Å²) in [7, 11) is 2.01. The Morgan fingerprint density at radius 1 is 1.56 bits per heavy atom. The van der Waals surface area contributed by atoms with Gasteiger partial charge in [0.25, 0.3) is 0 Å². The van der Waals surface area contributed by atoms with Crippen LogP contribution < -0.4 is 10.1 Å². The van der Waals surface area contributed by atoms with Gasteiger partial charge in [0.2, 0.25) is 0 Å². The first-order valence-corrected chi connectivity index (χ1v) is 7.22. The van der Waals surface area contributed by atoms with E-state index in [4.69, 9.17) is 9.47 Å². The lowest BCUT2D eigenvalue weighted by molar-refractivity contribution is 0.177. The molecule has 1 N–H and O–H groups in total. The summed E-state index contributed by atoms with van der Waals surface area (Å²) in [6.45, 7) is 4.40. The first-order valence-electron chi connectivity index (χ1n) is 6.43. The second kappa shape index (κ2) is 6.55. The SMILES string of the molecule is CCOc1ccc(C(NC)C2CCOC2)c(Br)c1. The molecular formula is C14H20BrNO2. The van der Waals surface area contributed by atoms with Crippen LogP contribution in [0.3, 0.4) is 0 Å². The Morgan fingerprint density at radius 3 is 2.94 bits per heavy atom. The fourth-order valence-electron chi connectivity index (χ4n) is 2.48. The number of ether oxygens (including phenoxy) is 2. The molecule has 4 heteroatoms. The Bertz CT molecular complexity index is 391. The Kier molecular flexibility index (Phi) is 5.03. The molecule has 1 aliphatic rings. The molecule has 0 bridgehead atoms. The molecule has 0 saturated carbocycles. The van der Waals surface area contributed by atoms with Gasteiger partial charge >= 0.3 is 0 Å². The van der Waals surface area contributed by atoms with Crippen molar-refractivity contribution in [1.29, 1.82) is 0 Å². The molecule has 1 saturated heterocycles. The summed E-state index contributed by atoms with van der Waals surface area (Å²) in [5.41, 5.74) is 1.27. The Balaban J connectivity index is 2.19. The van der Waals surface area contributed by atoms with Gasteiger partial charge in [0.05, 0.1) is 13.2 Å². The van der Waals surface area contributed by atoms with Crippen molar-refractivity contribution in [3.8, 4) is 5.75 Å². The van der Waals surface area contributed by atoms with Crippen LogP contribution in [0.4, 0.5) is 0 Å². The van der Waals surface area contributed by atoms with Crippen molar-refractivity contribution < 1.29 is 9.47 Å². The van der Waals surface area contributed by atoms with Crippen molar-refractivity contribution in [3.05, 3.63) is 28.2 Å². The van der Waals surface area contributed by atoms with Crippen molar-refractivity contribution >= 4 is 15.9 Å². The Hall–Kier alpha value is -0.580. The second-order valence-electron chi connectivity index (χ2n) is 4.51. The van der Waals surface area contributed by atoms with E-state index in [1.165, 1.54) is 5.56 Å². The van der Waals surface area contributed by atoms with E-state index in [-0.39, 0.29) is 0 Å². The smallest absolute Gasteiger partial charge is 0.120 e. The monoisotopic (exact) mass is 313 g/mol. The van der Waals surface area contributed by atoms with E-state index in [0.717, 1.165) is 29.9 Å². The minimum atomic E-state index is 0.331. The minimum Gasteiger partial charge on any atom is -0.494 e. The van der Waals surface area contributed by atoms with Crippen molar-refractivity contribution in [2.45, 2.75) is 19.4 Å². The number of rotatable bonds is 5. The standard InChI is InChI=1S/C14H20BrNO2/c1-3-18-11-4-5-12(13(15)8-11)14(16-2)10-6-7-17-9-10/h4-5,8,10,14,16H,3,6-7,9H2,1-2H3. The largest absolute Gasteiger partial charge is 0.494 e. The van der Waals surface area contributed by atoms with Crippen molar-refractivity contribution in [1.82, 2.24) is 5.32 Å². The van der Waals surface area contributed by atoms with Gasteiger partial charge in [0.1, 0.15) is 5.75 Å². The summed E-state index contributed by atoms with van der Waals surface area (Å²) < 4.78 is 12.1. The van der Waals surface area contributed by atoms with E-state index in [1.807, 2.05) is 26.1 Å². The van der Waals surface area contributed by atoms with Crippen LogP contribution in [-0.2, 0) is 4.74 Å². The quantitative estimate of drug-likeness (QED) is 0.906. The molecule has 0 aromatic heterocycles. The summed E-state index contributed by atoms with van der Waals surface area (Å²) in [6, 6.07) is 6.54. The first-order chi connectivity index (χ1) is 8.76. The van der Waals surface area contributed by atoms with Crippen molar-refractivity contribution in [2.75, 3.05) is 26.9 Å². The van der Waals surface area contributed by atoms with Crippen LogP contribution in [0.5, 0.6) is 5.75 Å². The van der Waals surface area contributed by atoms with Gasteiger partial charge < -0.3 is 14.8 Å². The van der Waals surface area contributed by atoms with E-state index >= 15 is 0 Å². The zero-order chi connectivity index (χ0) is 13.0. The third kappa shape index (κ3) is 3.05. The number of hydrogen-bond acceptors (Lipinski definition) is 3. The van der Waals surface area contributed by atoms with Gasteiger partial charge in [-0.05, 0) is 38.1 Å². The molecule has 2 rings (SSSR count). The molecule has 2 unspecified atom stereocenters. The average Bonchev–Trinajstić information content (AvgIpc) is 2.87. The van der Waals surface area contributed by atoms with Crippen molar-refractivity contribution in [3.63, 3.8) is 0 Å². The highest BCUT2D eigenvalue weighted by Crippen LogP contribution is 2.34. The molecule has 18 heavy (non-hydrogen) atoms. The molecule has 0 aliphatic carbocycles. The molecule has 0 amide bonds. The van der Waals surface area contributed by atoms with Gasteiger partial charge in [-0.2, -0.15) is 0 Å². The zero-order valence-electron chi connectivity index (χ0n) is 10.9. The van der Waals surface area contributed by atoms with E-state index < -0.39 is 0 Å². The topological polar surface area (TPSA) is 30.5 Å². The molecular weight excluding hydrogens is 294 g/mol. The third-order valence-electron chi connectivity index (χ3n) is 3.37. The maximum atomic E-state index is 5.51. The average molecular weight is 314 g/mol. The van der Waals surface area contributed by atoms with E-state index in [0.29, 0.717) is 18.6 Å². The molecule has 1 aromatic carbocycles. The normalized spacial score (nSPS) is 20.9. The van der Waals surface area contributed by atoms with Crippen LogP contribution in [0.15, 0.2) is 22.7 Å². The molecule has 0 spiro atoms. The number of hydrogen-bond donors (Lipinski definition) is 1. The number of benzene rings is 1. The van der Waals surface area contributed by atoms with Crippen molar-refractivity contribution in [2.24, 2.45) is 5.92 Å². The highest BCUT2D eigenvalue weighted by Gasteiger charge is 2.27. The Labute approximate surface area is 117 Å². The number of halogens is 1. The second-order valence-corrected chi connectivity index (χ2v) is 5.36. The maximum absolute atomic E-state index is 5.51. The van der Waals surface area contributed by atoms with Gasteiger partial charge in [0.15, 0.2) is 0 Å². The predicted molar refractivity (Wildman–Crippen MR) is 76.0 cm³/mol. The highest BCUT2D eigenvalue weighted by atomic mass is 79.9. The molecule has 1 aromatic rings. The predicted octanol–water partition coefficient (Wildman–Crippen LogP) is 3.14. The highest BCUT2D eigenvalue weighted by molar-refractivity contribution is 9.10. The molecule has 100 valence electrons. The molecule has 0 radical (unpaired) electrons. The van der Waals surface area contributed by atoms with E-state index in [1.54, 1.807) is 0 Å². The summed E-state index contributed by atoms with van der Waals surface area (Å²) in [6.07, 6.45) is 1.12. The number of nitrogens with one attached hydrogen (secondary N) is 1. The van der Waals surface area contributed by atoms with Crippen LogP contribution in [0.25, 0.3) is 0 Å². The fraction of sp³-hybridized carbons (Fsp3) is 0.571. The summed E-state index contributed by atoms with van der Waals surface area (Å²) in [5, 5.41) is 3.40. The van der Waals surface area contributed by atoms with Crippen LogP contribution >= 0.6 is 15.9 Å². The van der Waals surface area contributed by atoms with Crippen LogP contribution in [0.2, 0.25) is 0 Å². The fourth-order valence-corrected chi connectivity index (χ4v) is 3.08. The van der Waals surface area contributed by atoms with Gasteiger partial charge in [0, 0.05) is 23.0 Å². The van der Waals surface area contributed by atoms with Crippen LogP contribution in [0, 0.1) is 5.92 Å². The van der Waals surface area contributed by atoms with Gasteiger partial charge in [-0.15, -0.1) is 0 Å². The van der Waals surface area contributed by atoms with Gasteiger partial charge in [-0.3, -0.25) is 0 Å². The molecule has 1 aliphatic heterocycles. The first kappa shape index (κ1) is 13.8. The van der Waals surface area contributed by atoms with Crippen LogP contribution in [-0.4, -0.2) is 26.9 Å². The maximum Gasteiger partial charge on any atom is 0.120 e. The third-order valence-corrected chi connectivity index (χ3v) is 4.05.